The topological polar surface area (TPSA) is 95.6 Å². The highest BCUT2D eigenvalue weighted by molar-refractivity contribution is 6.36. The molecule has 7 heteroatoms. The Hall–Kier alpha value is -3.48. The van der Waals surface area contributed by atoms with Crippen molar-refractivity contribution in [2.24, 2.45) is 0 Å². The van der Waals surface area contributed by atoms with Crippen LogP contribution in [-0.4, -0.2) is 36.2 Å². The number of hydrogen-bond donors (Lipinski definition) is 2. The monoisotopic (exact) mass is 407 g/mol. The highest BCUT2D eigenvalue weighted by Crippen LogP contribution is 2.32. The van der Waals surface area contributed by atoms with Crippen LogP contribution in [0.5, 0.6) is 0 Å². The van der Waals surface area contributed by atoms with Crippen LogP contribution in [0.25, 0.3) is 0 Å². The molecule has 1 aliphatic rings. The van der Waals surface area contributed by atoms with Crippen molar-refractivity contribution < 1.29 is 19.2 Å². The van der Waals surface area contributed by atoms with Gasteiger partial charge in [-0.25, -0.2) is 4.79 Å². The molecule has 30 heavy (non-hydrogen) atoms. The van der Waals surface area contributed by atoms with Gasteiger partial charge >= 0.3 is 6.03 Å². The lowest BCUT2D eigenvalue weighted by molar-refractivity contribution is -0.145. The number of carbonyl (C=O) groups is 4. The number of para-hydroxylation sites is 1. The first-order valence-electron chi connectivity index (χ1n) is 10.0. The maximum Gasteiger partial charge on any atom is 0.328 e. The van der Waals surface area contributed by atoms with Crippen LogP contribution in [0.1, 0.15) is 32.3 Å². The highest BCUT2D eigenvalue weighted by Gasteiger charge is 2.59. The average molecular weight is 407 g/mol. The van der Waals surface area contributed by atoms with Gasteiger partial charge in [-0.05, 0) is 31.0 Å². The predicted molar refractivity (Wildman–Crippen MR) is 113 cm³/mol. The fraction of sp³-hybridized carbons (Fsp3) is 0.304. The summed E-state index contributed by atoms with van der Waals surface area (Å²) in [6.45, 7) is 4.32. The Morgan fingerprint density at radius 3 is 2.00 bits per heavy atom. The summed E-state index contributed by atoms with van der Waals surface area (Å²) in [5.74, 6) is -2.44. The number of rotatable bonds is 8. The van der Waals surface area contributed by atoms with E-state index in [2.05, 4.69) is 17.6 Å². The highest BCUT2D eigenvalue weighted by atomic mass is 16.2. The number of amides is 4. The first-order valence-corrected chi connectivity index (χ1v) is 10.0. The van der Waals surface area contributed by atoms with Gasteiger partial charge in [0.1, 0.15) is 0 Å². The number of anilines is 1. The Labute approximate surface area is 175 Å². The molecule has 3 rings (SSSR count). The van der Waals surface area contributed by atoms with E-state index in [1.165, 1.54) is 0 Å². The predicted octanol–water partition coefficient (Wildman–Crippen LogP) is 2.55. The number of nitrogens with one attached hydrogen (secondary N) is 2. The second-order valence-corrected chi connectivity index (χ2v) is 7.28. The molecule has 7 nitrogen and oxygen atoms in total. The fourth-order valence-corrected chi connectivity index (χ4v) is 3.79. The van der Waals surface area contributed by atoms with Gasteiger partial charge in [-0.1, -0.05) is 61.9 Å². The minimum atomic E-state index is -2.15. The number of Topliss-reactive ketones (excluding diaryl/α,β-unsaturated/α-hetero) is 1. The molecule has 1 atom stereocenters. The van der Waals surface area contributed by atoms with Gasteiger partial charge in [-0.15, -0.1) is 0 Å². The molecule has 0 aliphatic carbocycles. The number of unbranched alkanes of at least 4 members (excludes halogenated alkanes) is 1. The number of urea groups is 1. The summed E-state index contributed by atoms with van der Waals surface area (Å²) >= 11 is 0. The second kappa shape index (κ2) is 8.90. The summed E-state index contributed by atoms with van der Waals surface area (Å²) in [7, 11) is 0. The van der Waals surface area contributed by atoms with Gasteiger partial charge in [0.25, 0.3) is 11.8 Å². The number of imide groups is 2. The van der Waals surface area contributed by atoms with Crippen molar-refractivity contribution in [1.82, 2.24) is 10.6 Å². The van der Waals surface area contributed by atoms with Gasteiger partial charge in [0.2, 0.25) is 5.41 Å². The zero-order valence-electron chi connectivity index (χ0n) is 17.1. The summed E-state index contributed by atoms with van der Waals surface area (Å²) in [5.41, 5.74) is -1.09. The van der Waals surface area contributed by atoms with Crippen LogP contribution < -0.4 is 15.5 Å². The van der Waals surface area contributed by atoms with E-state index < -0.39 is 35.1 Å². The minimum absolute atomic E-state index is 0.229. The Balaban J connectivity index is 2.09. The lowest BCUT2D eigenvalue weighted by Gasteiger charge is -2.38. The normalized spacial score (nSPS) is 16.4. The molecule has 1 fully saturated rings. The molecule has 0 unspecified atom stereocenters. The molecule has 156 valence electrons. The first kappa shape index (κ1) is 21.2. The largest absolute Gasteiger partial charge is 0.362 e. The third-order valence-electron chi connectivity index (χ3n) is 5.40. The molecule has 4 amide bonds. The van der Waals surface area contributed by atoms with Gasteiger partial charge in [0.05, 0.1) is 6.04 Å². The summed E-state index contributed by atoms with van der Waals surface area (Å²) in [5, 5.41) is 4.22. The SMILES string of the molecule is CCCCN(c1ccccc1)[C@@H](C)C(=O)C1(c2ccccc2)C(=O)NC(=O)NC1=O. The van der Waals surface area contributed by atoms with E-state index in [-0.39, 0.29) is 5.56 Å². The van der Waals surface area contributed by atoms with E-state index in [0.717, 1.165) is 18.5 Å². The van der Waals surface area contributed by atoms with Crippen molar-refractivity contribution in [3.05, 3.63) is 66.2 Å². The van der Waals surface area contributed by atoms with Crippen molar-refractivity contribution in [2.75, 3.05) is 11.4 Å². The molecule has 2 aromatic carbocycles. The van der Waals surface area contributed by atoms with E-state index in [1.54, 1.807) is 37.3 Å². The second-order valence-electron chi connectivity index (χ2n) is 7.28. The zero-order chi connectivity index (χ0) is 21.7. The van der Waals surface area contributed by atoms with E-state index in [1.807, 2.05) is 35.2 Å². The van der Waals surface area contributed by atoms with Gasteiger partial charge in [0.15, 0.2) is 5.78 Å². The molecule has 1 aliphatic heterocycles. The zero-order valence-corrected chi connectivity index (χ0v) is 17.1. The number of hydrogen-bond acceptors (Lipinski definition) is 5. The molecule has 0 saturated carbocycles. The van der Waals surface area contributed by atoms with E-state index in [0.29, 0.717) is 6.54 Å². The van der Waals surface area contributed by atoms with Crippen LogP contribution in [0.15, 0.2) is 60.7 Å². The molecule has 0 aromatic heterocycles. The van der Waals surface area contributed by atoms with Gasteiger partial charge in [-0.2, -0.15) is 0 Å². The van der Waals surface area contributed by atoms with Crippen molar-refractivity contribution in [1.29, 1.82) is 0 Å². The van der Waals surface area contributed by atoms with Crippen molar-refractivity contribution in [3.8, 4) is 0 Å². The number of carbonyl (C=O) groups excluding carboxylic acids is 4. The van der Waals surface area contributed by atoms with E-state index >= 15 is 0 Å². The van der Waals surface area contributed by atoms with Crippen LogP contribution in [0.2, 0.25) is 0 Å². The van der Waals surface area contributed by atoms with Crippen LogP contribution in [0.3, 0.4) is 0 Å². The van der Waals surface area contributed by atoms with Crippen LogP contribution in [0.4, 0.5) is 10.5 Å². The standard InChI is InChI=1S/C23H25N3O4/c1-3-4-15-26(18-13-9-6-10-14-18)16(2)19(27)23(17-11-7-5-8-12-17)20(28)24-22(30)25-21(23)29/h5-14,16H,3-4,15H2,1-2H3,(H2,24,25,28,29,30)/t16-/m0/s1. The van der Waals surface area contributed by atoms with Crippen LogP contribution >= 0.6 is 0 Å². The van der Waals surface area contributed by atoms with E-state index in [9.17, 15) is 19.2 Å². The minimum Gasteiger partial charge on any atom is -0.362 e. The van der Waals surface area contributed by atoms with Crippen LogP contribution in [-0.2, 0) is 19.8 Å². The fourth-order valence-electron chi connectivity index (χ4n) is 3.79. The molecule has 2 aromatic rings. The van der Waals surface area contributed by atoms with Crippen molar-refractivity contribution in [3.63, 3.8) is 0 Å². The molecular weight excluding hydrogens is 382 g/mol. The third kappa shape index (κ3) is 3.70. The lowest BCUT2D eigenvalue weighted by Crippen LogP contribution is -2.70. The molecule has 0 spiro atoms. The van der Waals surface area contributed by atoms with E-state index in [4.69, 9.17) is 0 Å². The summed E-state index contributed by atoms with van der Waals surface area (Å²) in [4.78, 5) is 53.5. The van der Waals surface area contributed by atoms with Crippen molar-refractivity contribution >= 4 is 29.3 Å². The Kier molecular flexibility index (Phi) is 6.30. The third-order valence-corrected chi connectivity index (χ3v) is 5.40. The van der Waals surface area contributed by atoms with Crippen LogP contribution in [0, 0.1) is 0 Å². The molecule has 0 bridgehead atoms. The number of nitrogens with zero attached hydrogens (tertiary/aromatic N) is 1. The lowest BCUT2D eigenvalue weighted by atomic mass is 9.71. The molecule has 2 N–H and O–H groups in total. The molecule has 1 heterocycles. The quantitative estimate of drug-likeness (QED) is 0.656. The maximum absolute atomic E-state index is 13.9. The van der Waals surface area contributed by atoms with Gasteiger partial charge in [-0.3, -0.25) is 25.0 Å². The number of benzene rings is 2. The Morgan fingerprint density at radius 2 is 1.47 bits per heavy atom. The van der Waals surface area contributed by atoms with Crippen molar-refractivity contribution in [2.45, 2.75) is 38.1 Å². The summed E-state index contributed by atoms with van der Waals surface area (Å²) in [6, 6.07) is 15.8. The molecule has 0 radical (unpaired) electrons. The summed E-state index contributed by atoms with van der Waals surface area (Å²) in [6.07, 6.45) is 1.76. The Bertz CT molecular complexity index is 923. The molecule has 1 saturated heterocycles. The van der Waals surface area contributed by atoms with Gasteiger partial charge < -0.3 is 4.90 Å². The Morgan fingerprint density at radius 1 is 0.933 bits per heavy atom. The maximum atomic E-state index is 13.9. The molecular formula is C23H25N3O4. The number of ketones is 1. The summed E-state index contributed by atoms with van der Waals surface area (Å²) < 4.78 is 0. The number of barbiturate groups is 1. The average Bonchev–Trinajstić information content (AvgIpc) is 2.75. The smallest absolute Gasteiger partial charge is 0.328 e. The first-order chi connectivity index (χ1) is 14.4. The van der Waals surface area contributed by atoms with Gasteiger partial charge in [0, 0.05) is 12.2 Å².